The molecule has 0 aliphatic carbocycles. The van der Waals surface area contributed by atoms with Crippen LogP contribution in [-0.2, 0) is 4.79 Å². The molecule has 0 atom stereocenters. The Morgan fingerprint density at radius 1 is 1.38 bits per heavy atom. The van der Waals surface area contributed by atoms with Crippen molar-refractivity contribution < 1.29 is 17.2 Å². The summed E-state index contributed by atoms with van der Waals surface area (Å²) in [5.74, 6) is 0.177. The SMILES string of the molecule is CCCC(=O)NCCCN(C)C.[Cl-]. The number of halogens is 1. The first-order chi connectivity index (χ1) is 5.66. The van der Waals surface area contributed by atoms with Crippen molar-refractivity contribution in [2.75, 3.05) is 27.2 Å². The van der Waals surface area contributed by atoms with E-state index in [1.54, 1.807) is 0 Å². The van der Waals surface area contributed by atoms with Crippen LogP contribution in [0.2, 0.25) is 0 Å². The number of hydrogen-bond donors (Lipinski definition) is 1. The molecule has 0 aliphatic heterocycles. The van der Waals surface area contributed by atoms with Crippen LogP contribution in [0.4, 0.5) is 0 Å². The molecule has 0 saturated carbocycles. The van der Waals surface area contributed by atoms with Gasteiger partial charge in [-0.2, -0.15) is 0 Å². The summed E-state index contributed by atoms with van der Waals surface area (Å²) in [6.07, 6.45) is 2.62. The topological polar surface area (TPSA) is 32.3 Å². The Balaban J connectivity index is 0. The third kappa shape index (κ3) is 11.7. The minimum atomic E-state index is 0. The van der Waals surface area contributed by atoms with Crippen molar-refractivity contribution in [3.63, 3.8) is 0 Å². The molecule has 0 saturated heterocycles. The largest absolute Gasteiger partial charge is 1.00 e. The normalized spacial score (nSPS) is 9.54. The van der Waals surface area contributed by atoms with Crippen molar-refractivity contribution in [3.05, 3.63) is 0 Å². The van der Waals surface area contributed by atoms with Crippen LogP contribution in [0.15, 0.2) is 0 Å². The van der Waals surface area contributed by atoms with Gasteiger partial charge in [0.1, 0.15) is 0 Å². The third-order valence-corrected chi connectivity index (χ3v) is 1.58. The Bertz CT molecular complexity index is 129. The molecule has 13 heavy (non-hydrogen) atoms. The molecule has 0 aromatic rings. The third-order valence-electron chi connectivity index (χ3n) is 1.58. The van der Waals surface area contributed by atoms with E-state index in [9.17, 15) is 4.79 Å². The van der Waals surface area contributed by atoms with Gasteiger partial charge in [0.2, 0.25) is 5.91 Å². The van der Waals surface area contributed by atoms with Crippen LogP contribution in [0.1, 0.15) is 26.2 Å². The molecule has 0 unspecified atom stereocenters. The Hall–Kier alpha value is -0.280. The quantitative estimate of drug-likeness (QED) is 0.505. The van der Waals surface area contributed by atoms with Crippen LogP contribution in [0.25, 0.3) is 0 Å². The molecule has 0 rings (SSSR count). The van der Waals surface area contributed by atoms with Crippen molar-refractivity contribution in [1.29, 1.82) is 0 Å². The summed E-state index contributed by atoms with van der Waals surface area (Å²) in [5.41, 5.74) is 0. The van der Waals surface area contributed by atoms with Crippen molar-refractivity contribution >= 4 is 5.91 Å². The van der Waals surface area contributed by atoms with Gasteiger partial charge in [0.25, 0.3) is 0 Å². The number of rotatable bonds is 6. The van der Waals surface area contributed by atoms with Gasteiger partial charge in [-0.25, -0.2) is 0 Å². The smallest absolute Gasteiger partial charge is 0.219 e. The average Bonchev–Trinajstić information content (AvgIpc) is 1.98. The van der Waals surface area contributed by atoms with Crippen LogP contribution in [0.5, 0.6) is 0 Å². The fourth-order valence-corrected chi connectivity index (χ4v) is 0.939. The van der Waals surface area contributed by atoms with E-state index in [4.69, 9.17) is 0 Å². The predicted octanol–water partition coefficient (Wildman–Crippen LogP) is -2.14. The number of hydrogen-bond acceptors (Lipinski definition) is 2. The summed E-state index contributed by atoms with van der Waals surface area (Å²) in [5, 5.41) is 2.87. The highest BCUT2D eigenvalue weighted by atomic mass is 35.5. The zero-order chi connectivity index (χ0) is 9.40. The van der Waals surface area contributed by atoms with Gasteiger partial charge in [-0.15, -0.1) is 0 Å². The molecule has 0 bridgehead atoms. The van der Waals surface area contributed by atoms with Gasteiger partial charge < -0.3 is 22.6 Å². The highest BCUT2D eigenvalue weighted by Gasteiger charge is 1.97. The summed E-state index contributed by atoms with van der Waals surface area (Å²) >= 11 is 0. The van der Waals surface area contributed by atoms with Crippen molar-refractivity contribution in [3.8, 4) is 0 Å². The minimum absolute atomic E-state index is 0. The van der Waals surface area contributed by atoms with Crippen molar-refractivity contribution in [1.82, 2.24) is 10.2 Å². The van der Waals surface area contributed by atoms with Crippen LogP contribution in [0, 0.1) is 0 Å². The van der Waals surface area contributed by atoms with E-state index in [1.807, 2.05) is 21.0 Å². The van der Waals surface area contributed by atoms with E-state index >= 15 is 0 Å². The molecule has 1 amide bonds. The molecule has 1 N–H and O–H groups in total. The van der Waals surface area contributed by atoms with Crippen molar-refractivity contribution in [2.45, 2.75) is 26.2 Å². The highest BCUT2D eigenvalue weighted by Crippen LogP contribution is 1.86. The maximum absolute atomic E-state index is 11.0. The zero-order valence-electron chi connectivity index (χ0n) is 8.77. The highest BCUT2D eigenvalue weighted by molar-refractivity contribution is 5.75. The molecule has 0 fully saturated rings. The second-order valence-corrected chi connectivity index (χ2v) is 3.26. The lowest BCUT2D eigenvalue weighted by molar-refractivity contribution is -0.121. The van der Waals surface area contributed by atoms with Gasteiger partial charge in [-0.3, -0.25) is 4.79 Å². The molecule has 0 aliphatic rings. The molecule has 4 heteroatoms. The second kappa shape index (κ2) is 9.81. The molecular formula is C9H20ClN2O-. The maximum atomic E-state index is 11.0. The van der Waals surface area contributed by atoms with Crippen LogP contribution in [-0.4, -0.2) is 38.0 Å². The molecule has 0 heterocycles. The van der Waals surface area contributed by atoms with E-state index in [0.717, 1.165) is 25.9 Å². The van der Waals surface area contributed by atoms with E-state index in [-0.39, 0.29) is 18.3 Å². The number of carbonyl (C=O) groups is 1. The first-order valence-electron chi connectivity index (χ1n) is 4.58. The maximum Gasteiger partial charge on any atom is 0.219 e. The summed E-state index contributed by atoms with van der Waals surface area (Å²) in [6.45, 7) is 3.85. The van der Waals surface area contributed by atoms with Crippen LogP contribution >= 0.6 is 0 Å². The zero-order valence-corrected chi connectivity index (χ0v) is 9.52. The van der Waals surface area contributed by atoms with Crippen molar-refractivity contribution in [2.24, 2.45) is 0 Å². The number of nitrogens with one attached hydrogen (secondary N) is 1. The lowest BCUT2D eigenvalue weighted by Gasteiger charge is -2.09. The fraction of sp³-hybridized carbons (Fsp3) is 0.889. The van der Waals surface area contributed by atoms with Crippen LogP contribution < -0.4 is 17.7 Å². The molecular weight excluding hydrogens is 188 g/mol. The number of amides is 1. The summed E-state index contributed by atoms with van der Waals surface area (Å²) < 4.78 is 0. The van der Waals surface area contributed by atoms with Crippen LogP contribution in [0.3, 0.4) is 0 Å². The molecule has 0 radical (unpaired) electrons. The van der Waals surface area contributed by atoms with Gasteiger partial charge >= 0.3 is 0 Å². The molecule has 0 spiro atoms. The monoisotopic (exact) mass is 207 g/mol. The predicted molar refractivity (Wildman–Crippen MR) is 51.1 cm³/mol. The summed E-state index contributed by atoms with van der Waals surface area (Å²) in [7, 11) is 4.07. The molecule has 0 aromatic carbocycles. The van der Waals surface area contributed by atoms with Gasteiger partial charge in [-0.1, -0.05) is 6.92 Å². The number of carbonyl (C=O) groups excluding carboxylic acids is 1. The van der Waals surface area contributed by atoms with E-state index in [2.05, 4.69) is 10.2 Å². The molecule has 0 aromatic heterocycles. The lowest BCUT2D eigenvalue weighted by atomic mass is 10.3. The standard InChI is InChI=1S/C9H20N2O.ClH/c1-4-6-9(12)10-7-5-8-11(2)3;/h4-8H2,1-3H3,(H,10,12);1H/p-1. The van der Waals surface area contributed by atoms with E-state index < -0.39 is 0 Å². The Morgan fingerprint density at radius 2 is 2.00 bits per heavy atom. The van der Waals surface area contributed by atoms with E-state index in [1.165, 1.54) is 0 Å². The minimum Gasteiger partial charge on any atom is -1.00 e. The lowest BCUT2D eigenvalue weighted by Crippen LogP contribution is -3.00. The van der Waals surface area contributed by atoms with Gasteiger partial charge in [-0.05, 0) is 33.5 Å². The average molecular weight is 208 g/mol. The first kappa shape index (κ1) is 15.2. The van der Waals surface area contributed by atoms with Gasteiger partial charge in [0.15, 0.2) is 0 Å². The second-order valence-electron chi connectivity index (χ2n) is 3.26. The van der Waals surface area contributed by atoms with Gasteiger partial charge in [0.05, 0.1) is 0 Å². The van der Waals surface area contributed by atoms with Gasteiger partial charge in [0, 0.05) is 13.0 Å². The first-order valence-corrected chi connectivity index (χ1v) is 4.58. The molecule has 80 valence electrons. The summed E-state index contributed by atoms with van der Waals surface area (Å²) in [6, 6.07) is 0. The Morgan fingerprint density at radius 3 is 2.46 bits per heavy atom. The Labute approximate surface area is 87.3 Å². The molecule has 3 nitrogen and oxygen atoms in total. The number of nitrogens with zero attached hydrogens (tertiary/aromatic N) is 1. The Kier molecular flexibility index (Phi) is 11.5. The fourth-order valence-electron chi connectivity index (χ4n) is 0.939. The summed E-state index contributed by atoms with van der Waals surface area (Å²) in [4.78, 5) is 13.1. The van der Waals surface area contributed by atoms with E-state index in [0.29, 0.717) is 6.42 Å².